The van der Waals surface area contributed by atoms with Crippen molar-refractivity contribution in [1.29, 1.82) is 0 Å². The van der Waals surface area contributed by atoms with Crippen molar-refractivity contribution in [2.45, 2.75) is 6.18 Å². The third-order valence-corrected chi connectivity index (χ3v) is 4.13. The fourth-order valence-electron chi connectivity index (χ4n) is 1.86. The lowest BCUT2D eigenvalue weighted by atomic mass is 10.0. The maximum Gasteiger partial charge on any atom is 0.416 e. The zero-order valence-corrected chi connectivity index (χ0v) is 12.3. The van der Waals surface area contributed by atoms with E-state index in [1.54, 1.807) is 12.1 Å². The van der Waals surface area contributed by atoms with Gasteiger partial charge in [0.25, 0.3) is 10.2 Å². The third-order valence-electron chi connectivity index (χ3n) is 3.16. The average Bonchev–Trinajstić information content (AvgIpc) is 2.45. The molecule has 22 heavy (non-hydrogen) atoms. The number of nitrogens with zero attached hydrogens (tertiary/aromatic N) is 1. The fraction of sp³-hybridized carbons (Fsp3) is 0.143. The molecule has 2 aromatic rings. The topological polar surface area (TPSA) is 63.4 Å². The molecular weight excluding hydrogens is 317 g/mol. The molecule has 0 spiro atoms. The molecule has 0 aromatic heterocycles. The summed E-state index contributed by atoms with van der Waals surface area (Å²) in [7, 11) is -2.54. The molecule has 2 N–H and O–H groups in total. The van der Waals surface area contributed by atoms with Gasteiger partial charge >= 0.3 is 6.18 Å². The zero-order valence-electron chi connectivity index (χ0n) is 11.5. The van der Waals surface area contributed by atoms with Crippen molar-refractivity contribution in [2.24, 2.45) is 5.14 Å². The van der Waals surface area contributed by atoms with E-state index in [0.29, 0.717) is 16.8 Å². The molecule has 0 aliphatic rings. The third kappa shape index (κ3) is 3.58. The second-order valence-electron chi connectivity index (χ2n) is 4.63. The number of hydrogen-bond acceptors (Lipinski definition) is 2. The van der Waals surface area contributed by atoms with Gasteiger partial charge in [-0.1, -0.05) is 24.3 Å². The molecule has 0 saturated heterocycles. The molecular formula is C14H13F3N2O2S. The molecule has 0 aliphatic carbocycles. The molecule has 2 aromatic carbocycles. The highest BCUT2D eigenvalue weighted by Gasteiger charge is 2.29. The number of hydrogen-bond donors (Lipinski definition) is 1. The van der Waals surface area contributed by atoms with Crippen molar-refractivity contribution < 1.29 is 21.6 Å². The summed E-state index contributed by atoms with van der Waals surface area (Å²) < 4.78 is 60.8. The highest BCUT2D eigenvalue weighted by atomic mass is 32.2. The minimum absolute atomic E-state index is 0.359. The van der Waals surface area contributed by atoms with Gasteiger partial charge in [0.15, 0.2) is 0 Å². The summed E-state index contributed by atoms with van der Waals surface area (Å²) in [6, 6.07) is 11.0. The predicted octanol–water partition coefficient (Wildman–Crippen LogP) is 3.01. The quantitative estimate of drug-likeness (QED) is 0.940. The first-order valence-corrected chi connectivity index (χ1v) is 7.64. The van der Waals surface area contributed by atoms with Gasteiger partial charge in [0.2, 0.25) is 0 Å². The van der Waals surface area contributed by atoms with Gasteiger partial charge in [-0.05, 0) is 35.4 Å². The second-order valence-corrected chi connectivity index (χ2v) is 6.21. The lowest BCUT2D eigenvalue weighted by Gasteiger charge is -2.16. The number of rotatable bonds is 3. The molecule has 0 saturated carbocycles. The summed E-state index contributed by atoms with van der Waals surface area (Å²) in [6.45, 7) is 0. The first-order chi connectivity index (χ1) is 10.1. The summed E-state index contributed by atoms with van der Waals surface area (Å²) in [5, 5.41) is 5.01. The van der Waals surface area contributed by atoms with Gasteiger partial charge in [-0.2, -0.15) is 21.6 Å². The molecule has 2 rings (SSSR count). The van der Waals surface area contributed by atoms with E-state index >= 15 is 0 Å². The van der Waals surface area contributed by atoms with Gasteiger partial charge in [0.1, 0.15) is 0 Å². The molecule has 0 fully saturated rings. The summed E-state index contributed by atoms with van der Waals surface area (Å²) in [5.41, 5.74) is 0.901. The number of anilines is 1. The highest BCUT2D eigenvalue weighted by molar-refractivity contribution is 7.90. The lowest BCUT2D eigenvalue weighted by Crippen LogP contribution is -2.32. The van der Waals surface area contributed by atoms with Crippen LogP contribution in [-0.4, -0.2) is 15.5 Å². The molecule has 0 aliphatic heterocycles. The summed E-state index contributed by atoms with van der Waals surface area (Å²) in [5.74, 6) is 0. The van der Waals surface area contributed by atoms with E-state index in [9.17, 15) is 21.6 Å². The van der Waals surface area contributed by atoms with Crippen molar-refractivity contribution in [2.75, 3.05) is 11.4 Å². The monoisotopic (exact) mass is 330 g/mol. The van der Waals surface area contributed by atoms with Crippen LogP contribution in [0.3, 0.4) is 0 Å². The van der Waals surface area contributed by atoms with Crippen LogP contribution >= 0.6 is 0 Å². The molecule has 8 heteroatoms. The summed E-state index contributed by atoms with van der Waals surface area (Å²) >= 11 is 0. The zero-order chi connectivity index (χ0) is 16.5. The number of nitrogens with two attached hydrogens (primary N) is 1. The second kappa shape index (κ2) is 5.62. The number of alkyl halides is 3. The van der Waals surface area contributed by atoms with Crippen LogP contribution in [0.4, 0.5) is 18.9 Å². The Kier molecular flexibility index (Phi) is 4.17. The Morgan fingerprint density at radius 2 is 1.32 bits per heavy atom. The van der Waals surface area contributed by atoms with Crippen LogP contribution in [0.25, 0.3) is 11.1 Å². The molecule has 0 bridgehead atoms. The van der Waals surface area contributed by atoms with Gasteiger partial charge in [-0.25, -0.2) is 5.14 Å². The Hall–Kier alpha value is -2.06. The molecule has 0 amide bonds. The van der Waals surface area contributed by atoms with Gasteiger partial charge < -0.3 is 0 Å². The van der Waals surface area contributed by atoms with E-state index < -0.39 is 21.9 Å². The lowest BCUT2D eigenvalue weighted by molar-refractivity contribution is -0.137. The van der Waals surface area contributed by atoms with Crippen molar-refractivity contribution >= 4 is 15.9 Å². The number of halogens is 3. The SMILES string of the molecule is CN(c1ccc(-c2ccc(C(F)(F)F)cc2)cc1)S(N)(=O)=O. The van der Waals surface area contributed by atoms with Gasteiger partial charge in [-0.3, -0.25) is 4.31 Å². The molecule has 118 valence electrons. The molecule has 0 heterocycles. The van der Waals surface area contributed by atoms with Crippen LogP contribution < -0.4 is 9.44 Å². The summed E-state index contributed by atoms with van der Waals surface area (Å²) in [4.78, 5) is 0. The molecule has 0 unspecified atom stereocenters. The smallest absolute Gasteiger partial charge is 0.261 e. The van der Waals surface area contributed by atoms with E-state index in [1.807, 2.05) is 0 Å². The molecule has 0 atom stereocenters. The van der Waals surface area contributed by atoms with Crippen molar-refractivity contribution in [1.82, 2.24) is 0 Å². The maximum atomic E-state index is 12.5. The van der Waals surface area contributed by atoms with E-state index in [1.165, 1.54) is 31.3 Å². The van der Waals surface area contributed by atoms with E-state index in [0.717, 1.165) is 16.4 Å². The summed E-state index contributed by atoms with van der Waals surface area (Å²) in [6.07, 6.45) is -4.37. The van der Waals surface area contributed by atoms with Crippen LogP contribution in [-0.2, 0) is 16.4 Å². The first-order valence-electron chi connectivity index (χ1n) is 6.13. The first kappa shape index (κ1) is 16.3. The minimum Gasteiger partial charge on any atom is -0.261 e. The van der Waals surface area contributed by atoms with E-state index in [4.69, 9.17) is 5.14 Å². The number of benzene rings is 2. The van der Waals surface area contributed by atoms with Crippen LogP contribution in [0.2, 0.25) is 0 Å². The van der Waals surface area contributed by atoms with Gasteiger partial charge in [0, 0.05) is 7.05 Å². The minimum atomic E-state index is -4.37. The fourth-order valence-corrected chi connectivity index (χ4v) is 2.28. The predicted molar refractivity (Wildman–Crippen MR) is 78.4 cm³/mol. The molecule has 0 radical (unpaired) electrons. The van der Waals surface area contributed by atoms with E-state index in [2.05, 4.69) is 0 Å². The highest BCUT2D eigenvalue weighted by Crippen LogP contribution is 2.31. The largest absolute Gasteiger partial charge is 0.416 e. The van der Waals surface area contributed by atoms with E-state index in [-0.39, 0.29) is 0 Å². The Labute approximate surface area is 126 Å². The Balaban J connectivity index is 2.28. The molecule has 4 nitrogen and oxygen atoms in total. The average molecular weight is 330 g/mol. The maximum absolute atomic E-state index is 12.5. The van der Waals surface area contributed by atoms with Crippen LogP contribution in [0.15, 0.2) is 48.5 Å². The standard InChI is InChI=1S/C14H13F3N2O2S/c1-19(22(18,20)21)13-8-4-11(5-9-13)10-2-6-12(7-3-10)14(15,16)17/h2-9H,1H3,(H2,18,20,21). The van der Waals surface area contributed by atoms with Gasteiger partial charge in [-0.15, -0.1) is 0 Å². The van der Waals surface area contributed by atoms with Crippen LogP contribution in [0.5, 0.6) is 0 Å². The Bertz CT molecular complexity index is 754. The van der Waals surface area contributed by atoms with Crippen LogP contribution in [0, 0.1) is 0 Å². The van der Waals surface area contributed by atoms with Crippen LogP contribution in [0.1, 0.15) is 5.56 Å². The van der Waals surface area contributed by atoms with Crippen molar-refractivity contribution in [3.8, 4) is 11.1 Å². The van der Waals surface area contributed by atoms with Crippen molar-refractivity contribution in [3.63, 3.8) is 0 Å². The normalized spacial score (nSPS) is 12.2. The van der Waals surface area contributed by atoms with Crippen molar-refractivity contribution in [3.05, 3.63) is 54.1 Å². The Morgan fingerprint density at radius 3 is 1.68 bits per heavy atom. The Morgan fingerprint density at radius 1 is 0.909 bits per heavy atom. The van der Waals surface area contributed by atoms with Gasteiger partial charge in [0.05, 0.1) is 11.3 Å².